The van der Waals surface area contributed by atoms with Crippen molar-refractivity contribution in [2.45, 2.75) is 6.61 Å². The molecule has 1 N–H and O–H groups in total. The maximum atomic E-state index is 13.3. The van der Waals surface area contributed by atoms with E-state index in [0.717, 1.165) is 5.56 Å². The molecule has 5 heteroatoms. The highest BCUT2D eigenvalue weighted by Gasteiger charge is 2.13. The number of aliphatic hydroxyl groups is 1. The Bertz CT molecular complexity index is 725. The number of imidazole rings is 1. The molecule has 0 saturated heterocycles. The molecule has 0 aliphatic rings. The van der Waals surface area contributed by atoms with Crippen LogP contribution in [0.1, 0.15) is 5.69 Å². The van der Waals surface area contributed by atoms with Crippen LogP contribution in [0.25, 0.3) is 16.9 Å². The first-order valence-electron chi connectivity index (χ1n) is 6.13. The first-order chi connectivity index (χ1) is 9.79. The molecule has 0 spiro atoms. The van der Waals surface area contributed by atoms with Crippen molar-refractivity contribution in [3.8, 4) is 16.9 Å². The molecule has 2 aromatic heterocycles. The Kier molecular flexibility index (Phi) is 3.26. The lowest BCUT2D eigenvalue weighted by atomic mass is 10.1. The highest BCUT2D eigenvalue weighted by Crippen LogP contribution is 2.24. The molecule has 0 fully saturated rings. The van der Waals surface area contributed by atoms with Gasteiger partial charge >= 0.3 is 0 Å². The van der Waals surface area contributed by atoms with Crippen LogP contribution in [0.5, 0.6) is 0 Å². The van der Waals surface area contributed by atoms with Crippen molar-refractivity contribution in [1.29, 1.82) is 0 Å². The number of hydrogen-bond acceptors (Lipinski definition) is 3. The van der Waals surface area contributed by atoms with Crippen LogP contribution >= 0.6 is 0 Å². The van der Waals surface area contributed by atoms with Crippen LogP contribution in [0.3, 0.4) is 0 Å². The van der Waals surface area contributed by atoms with Crippen molar-refractivity contribution in [1.82, 2.24) is 14.5 Å². The van der Waals surface area contributed by atoms with Crippen LogP contribution in [0.2, 0.25) is 0 Å². The molecule has 100 valence electrons. The minimum Gasteiger partial charge on any atom is -0.390 e. The maximum Gasteiger partial charge on any atom is 0.125 e. The average molecular weight is 269 g/mol. The highest BCUT2D eigenvalue weighted by molar-refractivity contribution is 5.61. The number of halogens is 1. The molecule has 3 aromatic rings. The van der Waals surface area contributed by atoms with Gasteiger partial charge in [-0.3, -0.25) is 4.98 Å². The van der Waals surface area contributed by atoms with E-state index in [0.29, 0.717) is 17.1 Å². The summed E-state index contributed by atoms with van der Waals surface area (Å²) in [6, 6.07) is 9.82. The molecule has 0 aliphatic heterocycles. The number of nitrogens with zero attached hydrogens (tertiary/aromatic N) is 3. The topological polar surface area (TPSA) is 50.9 Å². The monoisotopic (exact) mass is 269 g/mol. The Balaban J connectivity index is 2.13. The van der Waals surface area contributed by atoms with E-state index in [2.05, 4.69) is 9.97 Å². The minimum atomic E-state index is -0.331. The Morgan fingerprint density at radius 1 is 1.20 bits per heavy atom. The summed E-state index contributed by atoms with van der Waals surface area (Å²) >= 11 is 0. The minimum absolute atomic E-state index is 0.194. The first kappa shape index (κ1) is 12.5. The summed E-state index contributed by atoms with van der Waals surface area (Å²) in [5.41, 5.74) is 2.68. The van der Waals surface area contributed by atoms with Crippen LogP contribution in [0, 0.1) is 5.82 Å². The number of benzene rings is 1. The molecule has 0 saturated carbocycles. The van der Waals surface area contributed by atoms with Gasteiger partial charge in [-0.2, -0.15) is 0 Å². The van der Waals surface area contributed by atoms with E-state index in [9.17, 15) is 9.50 Å². The summed E-state index contributed by atoms with van der Waals surface area (Å²) in [5, 5.41) is 9.61. The molecule has 20 heavy (non-hydrogen) atoms. The molecular weight excluding hydrogens is 257 g/mol. The molecule has 0 unspecified atom stereocenters. The summed E-state index contributed by atoms with van der Waals surface area (Å²) < 4.78 is 15.0. The van der Waals surface area contributed by atoms with Gasteiger partial charge in [-0.15, -0.1) is 0 Å². The van der Waals surface area contributed by atoms with E-state index in [1.807, 2.05) is 6.07 Å². The lowest BCUT2D eigenvalue weighted by Gasteiger charge is -2.08. The fraction of sp³-hybridized carbons (Fsp3) is 0.0667. The van der Waals surface area contributed by atoms with Crippen LogP contribution in [-0.2, 0) is 6.61 Å². The number of aliphatic hydroxyl groups excluding tert-OH is 1. The van der Waals surface area contributed by atoms with E-state index in [-0.39, 0.29) is 12.4 Å². The van der Waals surface area contributed by atoms with E-state index >= 15 is 0 Å². The molecule has 0 atom stereocenters. The normalized spacial score (nSPS) is 10.7. The predicted molar refractivity (Wildman–Crippen MR) is 72.7 cm³/mol. The van der Waals surface area contributed by atoms with Gasteiger partial charge in [0.05, 0.1) is 18.0 Å². The fourth-order valence-electron chi connectivity index (χ4n) is 2.12. The summed E-state index contributed by atoms with van der Waals surface area (Å²) in [6.45, 7) is -0.194. The Morgan fingerprint density at radius 2 is 2.10 bits per heavy atom. The van der Waals surface area contributed by atoms with Crippen molar-refractivity contribution in [2.75, 3.05) is 0 Å². The van der Waals surface area contributed by atoms with Gasteiger partial charge in [0.2, 0.25) is 0 Å². The van der Waals surface area contributed by atoms with Gasteiger partial charge < -0.3 is 9.67 Å². The zero-order valence-corrected chi connectivity index (χ0v) is 10.6. The summed E-state index contributed by atoms with van der Waals surface area (Å²) in [6.07, 6.45) is 4.92. The number of hydrogen-bond donors (Lipinski definition) is 1. The number of pyridine rings is 1. The first-order valence-corrected chi connectivity index (χ1v) is 6.13. The Labute approximate surface area is 115 Å². The summed E-state index contributed by atoms with van der Waals surface area (Å²) in [5.74, 6) is -0.331. The Hall–Kier alpha value is -2.53. The van der Waals surface area contributed by atoms with Crippen molar-refractivity contribution < 1.29 is 9.50 Å². The molecule has 1 aromatic carbocycles. The zero-order valence-electron chi connectivity index (χ0n) is 10.6. The van der Waals surface area contributed by atoms with Gasteiger partial charge in [0.15, 0.2) is 0 Å². The van der Waals surface area contributed by atoms with Crippen LogP contribution in [0.4, 0.5) is 4.39 Å². The van der Waals surface area contributed by atoms with E-state index in [1.165, 1.54) is 12.1 Å². The summed E-state index contributed by atoms with van der Waals surface area (Å²) in [7, 11) is 0. The van der Waals surface area contributed by atoms with Gasteiger partial charge in [-0.25, -0.2) is 9.37 Å². The predicted octanol–water partition coefficient (Wildman–Crippen LogP) is 2.57. The standard InChI is InChI=1S/C15H12FN3O/c16-12-4-1-5-13(7-12)19-10-18-15(14(19)9-20)11-3-2-6-17-8-11/h1-8,10,20H,9H2. The third kappa shape index (κ3) is 2.19. The van der Waals surface area contributed by atoms with Gasteiger partial charge in [0.25, 0.3) is 0 Å². The number of rotatable bonds is 3. The molecular formula is C15H12FN3O. The SMILES string of the molecule is OCc1c(-c2cccnc2)ncn1-c1cccc(F)c1. The zero-order chi connectivity index (χ0) is 13.9. The number of aromatic nitrogens is 3. The van der Waals surface area contributed by atoms with Crippen LogP contribution in [0.15, 0.2) is 55.1 Å². The summed E-state index contributed by atoms with van der Waals surface area (Å²) in [4.78, 5) is 8.35. The molecule has 4 nitrogen and oxygen atoms in total. The van der Waals surface area contributed by atoms with Crippen molar-refractivity contribution in [3.63, 3.8) is 0 Å². The molecule has 3 rings (SSSR count). The van der Waals surface area contributed by atoms with E-state index in [4.69, 9.17) is 0 Å². The second kappa shape index (κ2) is 5.22. The second-order valence-corrected chi connectivity index (χ2v) is 4.29. The van der Waals surface area contributed by atoms with Crippen molar-refractivity contribution in [3.05, 3.63) is 66.6 Å². The second-order valence-electron chi connectivity index (χ2n) is 4.29. The Morgan fingerprint density at radius 3 is 2.80 bits per heavy atom. The van der Waals surface area contributed by atoms with Crippen LogP contribution < -0.4 is 0 Å². The quantitative estimate of drug-likeness (QED) is 0.795. The average Bonchev–Trinajstić information content (AvgIpc) is 2.92. The molecule has 0 radical (unpaired) electrons. The lowest BCUT2D eigenvalue weighted by Crippen LogP contribution is -2.00. The lowest BCUT2D eigenvalue weighted by molar-refractivity contribution is 0.275. The van der Waals surface area contributed by atoms with Gasteiger partial charge in [0, 0.05) is 23.6 Å². The van der Waals surface area contributed by atoms with E-state index in [1.54, 1.807) is 41.5 Å². The molecule has 0 bridgehead atoms. The molecule has 0 amide bonds. The highest BCUT2D eigenvalue weighted by atomic mass is 19.1. The maximum absolute atomic E-state index is 13.3. The largest absolute Gasteiger partial charge is 0.390 e. The van der Waals surface area contributed by atoms with Crippen LogP contribution in [-0.4, -0.2) is 19.6 Å². The smallest absolute Gasteiger partial charge is 0.125 e. The third-order valence-corrected chi connectivity index (χ3v) is 3.04. The third-order valence-electron chi connectivity index (χ3n) is 3.04. The molecule has 2 heterocycles. The van der Waals surface area contributed by atoms with Gasteiger partial charge in [-0.05, 0) is 30.3 Å². The van der Waals surface area contributed by atoms with Crippen molar-refractivity contribution >= 4 is 0 Å². The van der Waals surface area contributed by atoms with E-state index < -0.39 is 0 Å². The fourth-order valence-corrected chi connectivity index (χ4v) is 2.12. The van der Waals surface area contributed by atoms with Crippen molar-refractivity contribution in [2.24, 2.45) is 0 Å². The van der Waals surface area contributed by atoms with Gasteiger partial charge in [0.1, 0.15) is 12.1 Å². The van der Waals surface area contributed by atoms with Gasteiger partial charge in [-0.1, -0.05) is 6.07 Å². The molecule has 0 aliphatic carbocycles.